The summed E-state index contributed by atoms with van der Waals surface area (Å²) in [5.41, 5.74) is 0.315. The topological polar surface area (TPSA) is 23.5 Å². The first-order chi connectivity index (χ1) is 7.11. The third-order valence-corrected chi connectivity index (χ3v) is 4.31. The molecule has 1 heterocycles. The van der Waals surface area contributed by atoms with Gasteiger partial charge in [0, 0.05) is 11.6 Å². The Kier molecular flexibility index (Phi) is 3.36. The van der Waals surface area contributed by atoms with Gasteiger partial charge in [0.1, 0.15) is 0 Å². The fraction of sp³-hybridized carbons (Fsp3) is 1.00. The van der Waals surface area contributed by atoms with Crippen molar-refractivity contribution in [2.75, 3.05) is 6.54 Å². The van der Waals surface area contributed by atoms with Crippen LogP contribution in [0.5, 0.6) is 0 Å². The van der Waals surface area contributed by atoms with E-state index in [1.807, 2.05) is 0 Å². The first kappa shape index (κ1) is 11.4. The maximum absolute atomic E-state index is 10.2. The molecule has 2 heteroatoms. The van der Waals surface area contributed by atoms with Crippen LogP contribution in [0.25, 0.3) is 0 Å². The fourth-order valence-corrected chi connectivity index (χ4v) is 3.38. The van der Waals surface area contributed by atoms with E-state index in [0.29, 0.717) is 11.6 Å². The van der Waals surface area contributed by atoms with Crippen molar-refractivity contribution < 1.29 is 5.11 Å². The number of aliphatic hydroxyl groups excluding tert-OH is 1. The zero-order valence-electron chi connectivity index (χ0n) is 10.2. The monoisotopic (exact) mass is 211 g/mol. The van der Waals surface area contributed by atoms with Gasteiger partial charge in [-0.2, -0.15) is 0 Å². The summed E-state index contributed by atoms with van der Waals surface area (Å²) in [6.07, 6.45) is 8.54. The minimum Gasteiger partial charge on any atom is -0.391 e. The van der Waals surface area contributed by atoms with Crippen LogP contribution in [0, 0.1) is 0 Å². The van der Waals surface area contributed by atoms with Crippen LogP contribution in [0.4, 0.5) is 0 Å². The van der Waals surface area contributed by atoms with Crippen LogP contribution < -0.4 is 0 Å². The summed E-state index contributed by atoms with van der Waals surface area (Å²) >= 11 is 0. The smallest absolute Gasteiger partial charge is 0.0695 e. The molecule has 2 fully saturated rings. The Morgan fingerprint density at radius 2 is 1.80 bits per heavy atom. The number of likely N-dealkylation sites (tertiary alicyclic amines) is 1. The molecule has 0 amide bonds. The van der Waals surface area contributed by atoms with Gasteiger partial charge < -0.3 is 5.11 Å². The van der Waals surface area contributed by atoms with Crippen LogP contribution in [0.3, 0.4) is 0 Å². The van der Waals surface area contributed by atoms with E-state index >= 15 is 0 Å². The van der Waals surface area contributed by atoms with Gasteiger partial charge in [-0.25, -0.2) is 0 Å². The molecular formula is C13H25NO. The van der Waals surface area contributed by atoms with Crippen LogP contribution in [-0.2, 0) is 0 Å². The quantitative estimate of drug-likeness (QED) is 0.674. The number of aliphatic hydroxyl groups is 1. The molecule has 2 nitrogen and oxygen atoms in total. The largest absolute Gasteiger partial charge is 0.391 e. The average Bonchev–Trinajstić information content (AvgIpc) is 2.39. The van der Waals surface area contributed by atoms with Gasteiger partial charge in [-0.3, -0.25) is 4.90 Å². The zero-order chi connectivity index (χ0) is 10.9. The normalized spacial score (nSPS) is 37.8. The molecule has 0 aromatic carbocycles. The van der Waals surface area contributed by atoms with Crippen LogP contribution >= 0.6 is 0 Å². The lowest BCUT2D eigenvalue weighted by molar-refractivity contribution is 0.0119. The number of hydrogen-bond acceptors (Lipinski definition) is 2. The summed E-state index contributed by atoms with van der Waals surface area (Å²) in [6.45, 7) is 5.85. The van der Waals surface area contributed by atoms with Crippen molar-refractivity contribution in [3.05, 3.63) is 0 Å². The second-order valence-corrected chi connectivity index (χ2v) is 5.88. The van der Waals surface area contributed by atoms with E-state index in [1.165, 1.54) is 45.1 Å². The summed E-state index contributed by atoms with van der Waals surface area (Å²) in [5, 5.41) is 10.2. The van der Waals surface area contributed by atoms with E-state index in [2.05, 4.69) is 18.7 Å². The van der Waals surface area contributed by atoms with Crippen molar-refractivity contribution in [1.29, 1.82) is 0 Å². The van der Waals surface area contributed by atoms with E-state index in [9.17, 15) is 5.11 Å². The van der Waals surface area contributed by atoms with Crippen LogP contribution in [0.1, 0.15) is 58.8 Å². The fourth-order valence-electron chi connectivity index (χ4n) is 3.38. The Balaban J connectivity index is 2.07. The molecule has 0 spiro atoms. The van der Waals surface area contributed by atoms with Gasteiger partial charge in [0.15, 0.2) is 0 Å². The average molecular weight is 211 g/mol. The number of rotatable bonds is 1. The molecular weight excluding hydrogens is 186 g/mol. The maximum atomic E-state index is 10.2. The molecule has 0 aromatic rings. The zero-order valence-corrected chi connectivity index (χ0v) is 10.2. The predicted octanol–water partition coefficient (Wildman–Crippen LogP) is 2.55. The molecule has 2 atom stereocenters. The summed E-state index contributed by atoms with van der Waals surface area (Å²) < 4.78 is 0. The minimum atomic E-state index is -0.0788. The van der Waals surface area contributed by atoms with Gasteiger partial charge >= 0.3 is 0 Å². The van der Waals surface area contributed by atoms with Crippen molar-refractivity contribution in [2.45, 2.75) is 76.5 Å². The molecule has 0 bridgehead atoms. The maximum Gasteiger partial charge on any atom is 0.0695 e. The first-order valence-corrected chi connectivity index (χ1v) is 6.56. The van der Waals surface area contributed by atoms with Gasteiger partial charge in [0.2, 0.25) is 0 Å². The highest BCUT2D eigenvalue weighted by atomic mass is 16.3. The SMILES string of the molecule is CC1(C)CCCN1C1CCCCCC1O. The third-order valence-electron chi connectivity index (χ3n) is 4.31. The third kappa shape index (κ3) is 2.36. The Hall–Kier alpha value is -0.0800. The summed E-state index contributed by atoms with van der Waals surface area (Å²) in [5.74, 6) is 0. The van der Waals surface area contributed by atoms with Crippen molar-refractivity contribution in [1.82, 2.24) is 4.90 Å². The molecule has 1 saturated heterocycles. The molecule has 1 saturated carbocycles. The van der Waals surface area contributed by atoms with E-state index in [1.54, 1.807) is 0 Å². The molecule has 0 radical (unpaired) electrons. The molecule has 1 aliphatic carbocycles. The molecule has 1 aliphatic heterocycles. The summed E-state index contributed by atoms with van der Waals surface area (Å²) in [4.78, 5) is 2.57. The lowest BCUT2D eigenvalue weighted by atomic mass is 9.96. The molecule has 88 valence electrons. The highest BCUT2D eigenvalue weighted by molar-refractivity contribution is 4.95. The second kappa shape index (κ2) is 4.42. The van der Waals surface area contributed by atoms with E-state index < -0.39 is 0 Å². The molecule has 2 aliphatic rings. The Bertz CT molecular complexity index is 215. The Labute approximate surface area is 93.7 Å². The second-order valence-electron chi connectivity index (χ2n) is 5.88. The molecule has 1 N–H and O–H groups in total. The minimum absolute atomic E-state index is 0.0788. The standard InChI is InChI=1S/C13H25NO/c1-13(2)9-6-10-14(13)11-7-4-3-5-8-12(11)15/h11-12,15H,3-10H2,1-2H3. The van der Waals surface area contributed by atoms with Crippen molar-refractivity contribution in [2.24, 2.45) is 0 Å². The molecule has 2 rings (SSSR count). The van der Waals surface area contributed by atoms with Crippen LogP contribution in [-0.4, -0.2) is 34.2 Å². The van der Waals surface area contributed by atoms with Gasteiger partial charge in [0.05, 0.1) is 6.10 Å². The highest BCUT2D eigenvalue weighted by Gasteiger charge is 2.39. The van der Waals surface area contributed by atoms with Gasteiger partial charge in [-0.05, 0) is 46.1 Å². The van der Waals surface area contributed by atoms with E-state index in [4.69, 9.17) is 0 Å². The molecule has 0 aromatic heterocycles. The van der Waals surface area contributed by atoms with Crippen LogP contribution in [0.2, 0.25) is 0 Å². The molecule has 15 heavy (non-hydrogen) atoms. The Morgan fingerprint density at radius 1 is 1.07 bits per heavy atom. The predicted molar refractivity (Wildman–Crippen MR) is 62.9 cm³/mol. The summed E-state index contributed by atoms with van der Waals surface area (Å²) in [7, 11) is 0. The van der Waals surface area contributed by atoms with E-state index in [-0.39, 0.29) is 6.10 Å². The van der Waals surface area contributed by atoms with Gasteiger partial charge in [0.25, 0.3) is 0 Å². The lowest BCUT2D eigenvalue weighted by Gasteiger charge is -2.40. The van der Waals surface area contributed by atoms with E-state index in [0.717, 1.165) is 6.42 Å². The van der Waals surface area contributed by atoms with Crippen molar-refractivity contribution in [3.63, 3.8) is 0 Å². The lowest BCUT2D eigenvalue weighted by Crippen LogP contribution is -2.50. The van der Waals surface area contributed by atoms with Crippen molar-refractivity contribution >= 4 is 0 Å². The van der Waals surface area contributed by atoms with Crippen LogP contribution in [0.15, 0.2) is 0 Å². The number of hydrogen-bond donors (Lipinski definition) is 1. The van der Waals surface area contributed by atoms with Gasteiger partial charge in [-0.15, -0.1) is 0 Å². The first-order valence-electron chi connectivity index (χ1n) is 6.56. The van der Waals surface area contributed by atoms with Crippen molar-refractivity contribution in [3.8, 4) is 0 Å². The molecule has 2 unspecified atom stereocenters. The summed E-state index contributed by atoms with van der Waals surface area (Å²) in [6, 6.07) is 0.435. The Morgan fingerprint density at radius 3 is 2.47 bits per heavy atom. The highest BCUT2D eigenvalue weighted by Crippen LogP contribution is 2.34. The van der Waals surface area contributed by atoms with Gasteiger partial charge in [-0.1, -0.05) is 19.3 Å². The number of nitrogens with zero attached hydrogens (tertiary/aromatic N) is 1.